The van der Waals surface area contributed by atoms with Crippen molar-refractivity contribution in [1.29, 1.82) is 10.5 Å². The molecule has 1 fully saturated rings. The highest BCUT2D eigenvalue weighted by Gasteiger charge is 2.45. The molecule has 2 heterocycles. The molecule has 0 radical (unpaired) electrons. The van der Waals surface area contributed by atoms with Crippen molar-refractivity contribution < 1.29 is 40.0 Å². The second kappa shape index (κ2) is 20.0. The molecule has 2 aliphatic carbocycles. The summed E-state index contributed by atoms with van der Waals surface area (Å²) in [6.45, 7) is 15.0. The molecule has 13 nitrogen and oxygen atoms in total. The van der Waals surface area contributed by atoms with Crippen LogP contribution in [0, 0.1) is 22.7 Å². The van der Waals surface area contributed by atoms with Crippen molar-refractivity contribution in [3.8, 4) is 12.1 Å². The zero-order valence-electron chi connectivity index (χ0n) is 39.6. The van der Waals surface area contributed by atoms with Gasteiger partial charge in [0.1, 0.15) is 12.1 Å². The first-order valence-corrected chi connectivity index (χ1v) is 26.4. The third kappa shape index (κ3) is 11.7. The summed E-state index contributed by atoms with van der Waals surface area (Å²) in [7, 11) is -8.24. The van der Waals surface area contributed by atoms with E-state index in [2.05, 4.69) is 73.6 Å². The molecule has 0 unspecified atom stereocenters. The van der Waals surface area contributed by atoms with E-state index in [9.17, 15) is 41.3 Å². The molecule has 2 aliphatic heterocycles. The minimum Gasteiger partial charge on any atom is -0.443 e. The van der Waals surface area contributed by atoms with Crippen molar-refractivity contribution in [1.82, 2.24) is 4.90 Å². The van der Waals surface area contributed by atoms with E-state index in [1.165, 1.54) is 0 Å². The van der Waals surface area contributed by atoms with Crippen LogP contribution in [0.1, 0.15) is 148 Å². The molecular weight excluding hydrogens is 875 g/mol. The van der Waals surface area contributed by atoms with Crippen LogP contribution in [0.15, 0.2) is 83.2 Å². The van der Waals surface area contributed by atoms with Gasteiger partial charge in [-0.1, -0.05) is 45.3 Å². The fourth-order valence-electron chi connectivity index (χ4n) is 10.1. The van der Waals surface area contributed by atoms with E-state index in [4.69, 9.17) is 4.74 Å². The fraction of sp³-hybridized carbons (Fsp3) is 0.529. The van der Waals surface area contributed by atoms with Gasteiger partial charge in [-0.15, -0.1) is 0 Å². The molecule has 0 spiro atoms. The number of hydrogen-bond donors (Lipinski definition) is 2. The summed E-state index contributed by atoms with van der Waals surface area (Å²) in [5, 5.41) is 19.7. The summed E-state index contributed by atoms with van der Waals surface area (Å²) in [4.78, 5) is 18.8. The van der Waals surface area contributed by atoms with Crippen LogP contribution < -0.4 is 4.90 Å². The standard InChI is InChI=1S/C51H65N5O8S2/c1-49(2,3)64-48(57)56(40-18-9-8-10-19-40)47-38(22-26-45-50(4,5)41-32-36(34-52)20-24-43(41)54(45)28-11-13-30-65(58,59)60)16-15-17-39(47)23-27-46-51(6,7)42-33-37(35-53)21-25-44(42)55(46)29-12-14-31-66(61,62)63/h20-27,32-33,40H,8-19,28-31H2,1-7H3,(H-,58,59,60,61,62,63)/p+1. The van der Waals surface area contributed by atoms with E-state index in [0.717, 1.165) is 89.3 Å². The lowest BCUT2D eigenvalue weighted by molar-refractivity contribution is -0.438. The van der Waals surface area contributed by atoms with E-state index in [-0.39, 0.29) is 30.4 Å². The molecule has 354 valence electrons. The van der Waals surface area contributed by atoms with Crippen molar-refractivity contribution in [2.24, 2.45) is 0 Å². The van der Waals surface area contributed by atoms with Crippen molar-refractivity contribution in [2.75, 3.05) is 29.5 Å². The van der Waals surface area contributed by atoms with Crippen LogP contribution in [0.2, 0.25) is 0 Å². The number of anilines is 1. The summed E-state index contributed by atoms with van der Waals surface area (Å²) < 4.78 is 73.8. The van der Waals surface area contributed by atoms with Gasteiger partial charge in [0.2, 0.25) is 5.69 Å². The SMILES string of the molecule is CC(C)(C)OC(=O)N(C1=C(/C=C/C2=[N+](CCCCS(=O)(=O)O)c3ccc(C#N)cc3C2(C)C)CCC/C1=C\C=C1\N(CCCCS(=O)(=O)O)c2ccc(C#N)cc2C1(C)C)C1CCCCC1. The Morgan fingerprint density at radius 1 is 0.833 bits per heavy atom. The number of unbranched alkanes of at least 4 members (excludes halogenated alkanes) is 2. The predicted octanol–water partition coefficient (Wildman–Crippen LogP) is 10.3. The van der Waals surface area contributed by atoms with Gasteiger partial charge in [0.25, 0.3) is 20.2 Å². The average Bonchev–Trinajstić information content (AvgIpc) is 3.58. The molecule has 0 aromatic heterocycles. The molecule has 2 aromatic carbocycles. The molecule has 1 saturated carbocycles. The van der Waals surface area contributed by atoms with Crippen molar-refractivity contribution in [2.45, 2.75) is 148 Å². The number of nitrogens with zero attached hydrogens (tertiary/aromatic N) is 5. The van der Waals surface area contributed by atoms with Crippen LogP contribution in [-0.4, -0.2) is 83.5 Å². The Morgan fingerprint density at radius 3 is 2.08 bits per heavy atom. The maximum Gasteiger partial charge on any atom is 0.415 e. The van der Waals surface area contributed by atoms with Gasteiger partial charge in [-0.2, -0.15) is 31.9 Å². The Morgan fingerprint density at radius 2 is 1.45 bits per heavy atom. The van der Waals surface area contributed by atoms with E-state index >= 15 is 0 Å². The smallest absolute Gasteiger partial charge is 0.415 e. The van der Waals surface area contributed by atoms with Crippen molar-refractivity contribution >= 4 is 43.4 Å². The van der Waals surface area contributed by atoms with Gasteiger partial charge in [-0.3, -0.25) is 14.0 Å². The predicted molar refractivity (Wildman–Crippen MR) is 258 cm³/mol. The number of benzene rings is 2. The largest absolute Gasteiger partial charge is 0.443 e. The van der Waals surface area contributed by atoms with Crippen LogP contribution in [-0.2, 0) is 35.8 Å². The van der Waals surface area contributed by atoms with Gasteiger partial charge in [0.05, 0.1) is 45.9 Å². The van der Waals surface area contributed by atoms with Gasteiger partial charge in [-0.05, 0) is 139 Å². The van der Waals surface area contributed by atoms with Gasteiger partial charge in [0.15, 0.2) is 5.71 Å². The lowest BCUT2D eigenvalue weighted by Gasteiger charge is -2.40. The molecule has 0 bridgehead atoms. The normalized spacial score (nSPS) is 19.9. The highest BCUT2D eigenvalue weighted by atomic mass is 32.2. The molecule has 4 aliphatic rings. The van der Waals surface area contributed by atoms with E-state index in [1.54, 1.807) is 12.1 Å². The van der Waals surface area contributed by atoms with Crippen molar-refractivity contribution in [3.05, 3.63) is 105 Å². The molecule has 6 rings (SSSR count). The third-order valence-corrected chi connectivity index (χ3v) is 14.9. The monoisotopic (exact) mass is 940 g/mol. The molecule has 0 atom stereocenters. The second-order valence-corrected chi connectivity index (χ2v) is 23.2. The van der Waals surface area contributed by atoms with Crippen molar-refractivity contribution in [3.63, 3.8) is 0 Å². The summed E-state index contributed by atoms with van der Waals surface area (Å²) in [6, 6.07) is 15.7. The lowest BCUT2D eigenvalue weighted by Crippen LogP contribution is -2.45. The number of ether oxygens (including phenoxy) is 1. The number of rotatable bonds is 15. The average molecular weight is 941 g/mol. The molecule has 15 heteroatoms. The summed E-state index contributed by atoms with van der Waals surface area (Å²) >= 11 is 0. The zero-order chi connectivity index (χ0) is 48.2. The topological polar surface area (TPSA) is 192 Å². The lowest BCUT2D eigenvalue weighted by atomic mass is 9.80. The number of allylic oxidation sites excluding steroid dienone is 7. The minimum absolute atomic E-state index is 0.0967. The van der Waals surface area contributed by atoms with Crippen LogP contribution in [0.25, 0.3) is 0 Å². The fourth-order valence-corrected chi connectivity index (χ4v) is 11.2. The zero-order valence-corrected chi connectivity index (χ0v) is 41.2. The van der Waals surface area contributed by atoms with E-state index in [0.29, 0.717) is 49.9 Å². The summed E-state index contributed by atoms with van der Waals surface area (Å²) in [5.41, 5.74) is 7.70. The number of hydrogen-bond acceptors (Lipinski definition) is 9. The first-order chi connectivity index (χ1) is 30.9. The van der Waals surface area contributed by atoms with E-state index in [1.807, 2.05) is 49.9 Å². The van der Waals surface area contributed by atoms with Crippen LogP contribution >= 0.6 is 0 Å². The number of carbonyl (C=O) groups is 1. The van der Waals surface area contributed by atoms with E-state index < -0.39 is 42.8 Å². The molecular formula is C51H66N5O8S2+. The molecule has 2 aromatic rings. The number of fused-ring (bicyclic) bond motifs is 2. The van der Waals surface area contributed by atoms with Gasteiger partial charge in [0, 0.05) is 53.5 Å². The van der Waals surface area contributed by atoms with Gasteiger partial charge in [-0.25, -0.2) is 4.79 Å². The van der Waals surface area contributed by atoms with Gasteiger partial charge < -0.3 is 9.64 Å². The number of carbonyl (C=O) groups excluding carboxylic acids is 1. The Hall–Kier alpha value is -5.06. The minimum atomic E-state index is -4.12. The van der Waals surface area contributed by atoms with Crippen LogP contribution in [0.4, 0.5) is 16.2 Å². The maximum atomic E-state index is 14.7. The summed E-state index contributed by atoms with van der Waals surface area (Å²) in [5.74, 6) is -0.677. The quantitative estimate of drug-likeness (QED) is 0.0981. The number of amides is 1. The molecule has 1 amide bonds. The first-order valence-electron chi connectivity index (χ1n) is 23.2. The third-order valence-electron chi connectivity index (χ3n) is 13.3. The molecule has 66 heavy (non-hydrogen) atoms. The Labute approximate surface area is 392 Å². The molecule has 2 N–H and O–H groups in total. The first kappa shape index (κ1) is 50.4. The number of nitriles is 2. The Balaban J connectivity index is 1.53. The highest BCUT2D eigenvalue weighted by Crippen LogP contribution is 2.49. The highest BCUT2D eigenvalue weighted by molar-refractivity contribution is 7.86. The van der Waals surface area contributed by atoms with Crippen LogP contribution in [0.3, 0.4) is 0 Å². The second-order valence-electron chi connectivity index (χ2n) is 20.1. The summed E-state index contributed by atoms with van der Waals surface area (Å²) in [6.07, 6.45) is 16.5. The maximum absolute atomic E-state index is 14.7. The molecule has 0 saturated heterocycles. The Kier molecular flexibility index (Phi) is 15.3. The van der Waals surface area contributed by atoms with Gasteiger partial charge >= 0.3 is 6.09 Å². The Bertz CT molecular complexity index is 2680. The van der Waals surface area contributed by atoms with Crippen LogP contribution in [0.5, 0.6) is 0 Å².